The van der Waals surface area contributed by atoms with E-state index in [1.807, 2.05) is 31.2 Å². The van der Waals surface area contributed by atoms with E-state index in [0.29, 0.717) is 0 Å². The number of nitro benzene ring substituents is 1. The zero-order valence-electron chi connectivity index (χ0n) is 16.1. The highest BCUT2D eigenvalue weighted by atomic mass is 16.6. The first-order valence-electron chi connectivity index (χ1n) is 8.48. The van der Waals surface area contributed by atoms with Gasteiger partial charge >= 0.3 is 11.7 Å². The molecule has 152 valence electrons. The lowest BCUT2D eigenvalue weighted by Crippen LogP contribution is -2.26. The summed E-state index contributed by atoms with van der Waals surface area (Å²) in [5.41, 5.74) is 3.71. The van der Waals surface area contributed by atoms with Crippen molar-refractivity contribution >= 4 is 29.5 Å². The van der Waals surface area contributed by atoms with E-state index in [1.165, 1.54) is 26.2 Å². The molecule has 0 atom stereocenters. The highest BCUT2D eigenvalue weighted by molar-refractivity contribution is 5.90. The largest absolute Gasteiger partial charge is 0.488 e. The van der Waals surface area contributed by atoms with Crippen LogP contribution in [0.2, 0.25) is 0 Å². The Morgan fingerprint density at radius 3 is 2.59 bits per heavy atom. The van der Waals surface area contributed by atoms with Crippen molar-refractivity contribution in [3.05, 3.63) is 57.6 Å². The van der Waals surface area contributed by atoms with Crippen LogP contribution in [0.1, 0.15) is 18.1 Å². The number of aryl methyl sites for hydroxylation is 1. The number of methoxy groups -OCH3 is 1. The van der Waals surface area contributed by atoms with Crippen molar-refractivity contribution < 1.29 is 24.0 Å². The minimum absolute atomic E-state index is 0.0288. The predicted molar refractivity (Wildman–Crippen MR) is 106 cm³/mol. The van der Waals surface area contributed by atoms with Crippen LogP contribution < -0.4 is 20.2 Å². The van der Waals surface area contributed by atoms with E-state index in [-0.39, 0.29) is 23.6 Å². The molecule has 0 aliphatic heterocycles. The van der Waals surface area contributed by atoms with Gasteiger partial charge in [-0.1, -0.05) is 18.2 Å². The topological polar surface area (TPSA) is 132 Å². The minimum Gasteiger partial charge on any atom is -0.488 e. The van der Waals surface area contributed by atoms with Crippen molar-refractivity contribution in [2.75, 3.05) is 19.0 Å². The molecule has 29 heavy (non-hydrogen) atoms. The number of nitrogens with zero attached hydrogens (tertiary/aromatic N) is 2. The summed E-state index contributed by atoms with van der Waals surface area (Å²) in [6, 6.07) is 10.2. The Morgan fingerprint density at radius 2 is 1.97 bits per heavy atom. The van der Waals surface area contributed by atoms with Crippen LogP contribution in [0.5, 0.6) is 11.5 Å². The van der Waals surface area contributed by atoms with Crippen LogP contribution in [-0.2, 0) is 9.59 Å². The van der Waals surface area contributed by atoms with Crippen molar-refractivity contribution in [1.82, 2.24) is 5.43 Å². The van der Waals surface area contributed by atoms with E-state index < -0.39 is 22.5 Å². The van der Waals surface area contributed by atoms with Crippen LogP contribution >= 0.6 is 0 Å². The summed E-state index contributed by atoms with van der Waals surface area (Å²) in [6.07, 6.45) is 1.11. The number of rotatable bonds is 8. The molecule has 2 N–H and O–H groups in total. The lowest BCUT2D eigenvalue weighted by atomic mass is 10.1. The molecule has 2 rings (SSSR count). The smallest absolute Gasteiger partial charge is 0.323 e. The fourth-order valence-electron chi connectivity index (χ4n) is 2.45. The van der Waals surface area contributed by atoms with E-state index in [2.05, 4.69) is 15.8 Å². The van der Waals surface area contributed by atoms with Crippen molar-refractivity contribution in [2.45, 2.75) is 13.8 Å². The Hall–Kier alpha value is -3.95. The first kappa shape index (κ1) is 21.4. The zero-order chi connectivity index (χ0) is 21.4. The van der Waals surface area contributed by atoms with Gasteiger partial charge in [0.2, 0.25) is 5.75 Å². The third kappa shape index (κ3) is 5.76. The van der Waals surface area contributed by atoms with Gasteiger partial charge < -0.3 is 14.8 Å². The maximum atomic E-state index is 11.9. The number of anilines is 1. The number of hydrogen-bond donors (Lipinski definition) is 2. The van der Waals surface area contributed by atoms with Gasteiger partial charge in [-0.2, -0.15) is 5.10 Å². The van der Waals surface area contributed by atoms with E-state index in [4.69, 9.17) is 9.47 Å². The summed E-state index contributed by atoms with van der Waals surface area (Å²) in [5, 5.41) is 18.2. The second-order valence-electron chi connectivity index (χ2n) is 5.85. The molecule has 0 heterocycles. The summed E-state index contributed by atoms with van der Waals surface area (Å²) in [7, 11) is 1.22. The van der Waals surface area contributed by atoms with E-state index in [0.717, 1.165) is 17.5 Å². The van der Waals surface area contributed by atoms with E-state index in [1.54, 1.807) is 0 Å². The average molecular weight is 400 g/mol. The van der Waals surface area contributed by atoms with Gasteiger partial charge in [-0.3, -0.25) is 19.7 Å². The summed E-state index contributed by atoms with van der Waals surface area (Å²) >= 11 is 0. The predicted octanol–water partition coefficient (Wildman–Crippen LogP) is 2.40. The Balaban J connectivity index is 2.11. The molecule has 0 aromatic heterocycles. The van der Waals surface area contributed by atoms with Crippen molar-refractivity contribution in [2.24, 2.45) is 5.10 Å². The van der Waals surface area contributed by atoms with Crippen LogP contribution in [0.3, 0.4) is 0 Å². The third-order valence-electron chi connectivity index (χ3n) is 3.74. The number of ether oxygens (including phenoxy) is 2. The fraction of sp³-hybridized carbons (Fsp3) is 0.211. The molecular formula is C19H20N4O6. The molecule has 0 aliphatic rings. The molecule has 1 amide bonds. The van der Waals surface area contributed by atoms with Crippen molar-refractivity contribution in [1.29, 1.82) is 0 Å². The van der Waals surface area contributed by atoms with Gasteiger partial charge in [0.25, 0.3) is 5.91 Å². The molecule has 0 saturated carbocycles. The molecule has 0 spiro atoms. The molecule has 0 bridgehead atoms. The first-order valence-corrected chi connectivity index (χ1v) is 8.48. The zero-order valence-corrected chi connectivity index (χ0v) is 16.1. The molecule has 0 aliphatic carbocycles. The van der Waals surface area contributed by atoms with Gasteiger partial charge in [-0.05, 0) is 30.7 Å². The summed E-state index contributed by atoms with van der Waals surface area (Å²) in [6.45, 7) is 3.05. The number of para-hydroxylation sites is 1. The van der Waals surface area contributed by atoms with E-state index in [9.17, 15) is 19.7 Å². The van der Waals surface area contributed by atoms with Crippen molar-refractivity contribution in [3.8, 4) is 11.5 Å². The molecule has 0 fully saturated rings. The van der Waals surface area contributed by atoms with Crippen LogP contribution in [0, 0.1) is 17.0 Å². The maximum Gasteiger partial charge on any atom is 0.323 e. The Labute approximate surface area is 166 Å². The standard InChI is InChI=1S/C19H20N4O6/c1-12-6-4-5-7-15(12)20-11-17(25)22-21-10-14-8-9-16(29-13(2)24)19(28-3)18(14)23(26)27/h4-10,20H,11H2,1-3H3,(H,22,25)/b21-10-. The average Bonchev–Trinajstić information content (AvgIpc) is 2.67. The Kier molecular flexibility index (Phi) is 7.24. The lowest BCUT2D eigenvalue weighted by Gasteiger charge is -2.10. The number of benzene rings is 2. The fourth-order valence-corrected chi connectivity index (χ4v) is 2.45. The maximum absolute atomic E-state index is 11.9. The second kappa shape index (κ2) is 9.83. The molecule has 0 radical (unpaired) electrons. The molecular weight excluding hydrogens is 380 g/mol. The molecule has 2 aromatic carbocycles. The molecule has 0 saturated heterocycles. The Morgan fingerprint density at radius 1 is 1.24 bits per heavy atom. The number of carbonyl (C=O) groups is 2. The summed E-state index contributed by atoms with van der Waals surface area (Å²) in [4.78, 5) is 33.9. The van der Waals surface area contributed by atoms with Crippen molar-refractivity contribution in [3.63, 3.8) is 0 Å². The van der Waals surface area contributed by atoms with Crippen LogP contribution in [0.4, 0.5) is 11.4 Å². The molecule has 10 heteroatoms. The third-order valence-corrected chi connectivity index (χ3v) is 3.74. The molecule has 0 unspecified atom stereocenters. The van der Waals surface area contributed by atoms with Crippen LogP contribution in [0.25, 0.3) is 0 Å². The second-order valence-corrected chi connectivity index (χ2v) is 5.85. The van der Waals surface area contributed by atoms with Gasteiger partial charge in [0, 0.05) is 12.6 Å². The number of hydrazone groups is 1. The molecule has 10 nitrogen and oxygen atoms in total. The number of carbonyl (C=O) groups excluding carboxylic acids is 2. The number of esters is 1. The summed E-state index contributed by atoms with van der Waals surface area (Å²) < 4.78 is 9.95. The van der Waals surface area contributed by atoms with Gasteiger partial charge in [-0.25, -0.2) is 5.43 Å². The monoisotopic (exact) mass is 400 g/mol. The van der Waals surface area contributed by atoms with Gasteiger partial charge in [0.15, 0.2) is 5.75 Å². The van der Waals surface area contributed by atoms with Crippen LogP contribution in [-0.4, -0.2) is 36.7 Å². The van der Waals surface area contributed by atoms with Gasteiger partial charge in [-0.15, -0.1) is 0 Å². The number of nitrogens with one attached hydrogen (secondary N) is 2. The first-order chi connectivity index (χ1) is 13.8. The van der Waals surface area contributed by atoms with Crippen LogP contribution in [0.15, 0.2) is 41.5 Å². The SMILES string of the molecule is COc1c(OC(C)=O)ccc(/C=N\NC(=O)CNc2ccccc2C)c1[N+](=O)[O-]. The highest BCUT2D eigenvalue weighted by Gasteiger charge is 2.25. The number of hydrogen-bond acceptors (Lipinski definition) is 8. The quantitative estimate of drug-likeness (QED) is 0.229. The minimum atomic E-state index is -0.686. The highest BCUT2D eigenvalue weighted by Crippen LogP contribution is 2.39. The number of amides is 1. The van der Waals surface area contributed by atoms with Gasteiger partial charge in [0.05, 0.1) is 30.4 Å². The van der Waals surface area contributed by atoms with Gasteiger partial charge in [0.1, 0.15) is 0 Å². The normalized spacial score (nSPS) is 10.4. The summed E-state index contributed by atoms with van der Waals surface area (Å²) in [5.74, 6) is -1.39. The molecule has 2 aromatic rings. The van der Waals surface area contributed by atoms with E-state index >= 15 is 0 Å². The Bertz CT molecular complexity index is 958. The lowest BCUT2D eigenvalue weighted by molar-refractivity contribution is -0.385. The number of nitro groups is 1.